The maximum atomic E-state index is 14.0. The molecule has 1 atom stereocenters. The van der Waals surface area contributed by atoms with Crippen LogP contribution in [-0.2, 0) is 6.42 Å². The zero-order valence-electron chi connectivity index (χ0n) is 11.6. The van der Waals surface area contributed by atoms with Crippen LogP contribution in [0.5, 0.6) is 0 Å². The molecule has 6 heteroatoms. The zero-order chi connectivity index (χ0) is 14.9. The average Bonchev–Trinajstić information content (AvgIpc) is 2.82. The fourth-order valence-electron chi connectivity index (χ4n) is 2.11. The van der Waals surface area contributed by atoms with Gasteiger partial charge in [0.1, 0.15) is 23.8 Å². The summed E-state index contributed by atoms with van der Waals surface area (Å²) in [7, 11) is 0. The van der Waals surface area contributed by atoms with Crippen molar-refractivity contribution in [3.63, 3.8) is 0 Å². The van der Waals surface area contributed by atoms with Crippen LogP contribution in [0.2, 0.25) is 0 Å². The van der Waals surface area contributed by atoms with Crippen LogP contribution >= 0.6 is 0 Å². The van der Waals surface area contributed by atoms with Crippen molar-refractivity contribution in [3.8, 4) is 0 Å². The van der Waals surface area contributed by atoms with Gasteiger partial charge in [0.2, 0.25) is 0 Å². The van der Waals surface area contributed by atoms with Crippen LogP contribution < -0.4 is 0 Å². The molecule has 0 aliphatic rings. The Morgan fingerprint density at radius 3 is 2.65 bits per heavy atom. The SMILES string of the molecule is Cc1ccc(F)c(C(O)Cc2ncnn2C(C)C)c1F. The molecular weight excluding hydrogens is 264 g/mol. The van der Waals surface area contributed by atoms with E-state index in [0.717, 1.165) is 6.07 Å². The van der Waals surface area contributed by atoms with E-state index in [1.54, 1.807) is 4.68 Å². The van der Waals surface area contributed by atoms with E-state index in [1.165, 1.54) is 19.3 Å². The molecule has 0 saturated carbocycles. The second-order valence-corrected chi connectivity index (χ2v) is 5.03. The summed E-state index contributed by atoms with van der Waals surface area (Å²) < 4.78 is 29.3. The molecule has 20 heavy (non-hydrogen) atoms. The Bertz CT molecular complexity index is 610. The molecule has 1 heterocycles. The van der Waals surface area contributed by atoms with Gasteiger partial charge >= 0.3 is 0 Å². The van der Waals surface area contributed by atoms with Crippen LogP contribution in [0.3, 0.4) is 0 Å². The topological polar surface area (TPSA) is 50.9 Å². The summed E-state index contributed by atoms with van der Waals surface area (Å²) in [6.45, 7) is 5.36. The third-order valence-electron chi connectivity index (χ3n) is 3.17. The Labute approximate surface area is 116 Å². The molecule has 108 valence electrons. The highest BCUT2D eigenvalue weighted by atomic mass is 19.1. The number of halogens is 2. The number of aliphatic hydroxyl groups excluding tert-OH is 1. The molecule has 0 bridgehead atoms. The minimum atomic E-state index is -1.29. The minimum absolute atomic E-state index is 0.00940. The number of hydrogen-bond acceptors (Lipinski definition) is 3. The van der Waals surface area contributed by atoms with Gasteiger partial charge in [0.25, 0.3) is 0 Å². The smallest absolute Gasteiger partial charge is 0.138 e. The van der Waals surface area contributed by atoms with E-state index < -0.39 is 17.7 Å². The summed E-state index contributed by atoms with van der Waals surface area (Å²) in [6, 6.07) is 2.56. The summed E-state index contributed by atoms with van der Waals surface area (Å²) in [4.78, 5) is 4.03. The third-order valence-corrected chi connectivity index (χ3v) is 3.17. The van der Waals surface area contributed by atoms with Crippen molar-refractivity contribution < 1.29 is 13.9 Å². The molecule has 1 N–H and O–H groups in total. The van der Waals surface area contributed by atoms with E-state index >= 15 is 0 Å². The fraction of sp³-hybridized carbons (Fsp3) is 0.429. The molecule has 0 saturated heterocycles. The van der Waals surface area contributed by atoms with E-state index in [1.807, 2.05) is 13.8 Å². The van der Waals surface area contributed by atoms with Gasteiger partial charge in [-0.15, -0.1) is 0 Å². The lowest BCUT2D eigenvalue weighted by molar-refractivity contribution is 0.163. The molecule has 0 amide bonds. The van der Waals surface area contributed by atoms with Gasteiger partial charge in [-0.1, -0.05) is 6.07 Å². The van der Waals surface area contributed by atoms with Gasteiger partial charge in [0, 0.05) is 12.5 Å². The second-order valence-electron chi connectivity index (χ2n) is 5.03. The quantitative estimate of drug-likeness (QED) is 0.937. The molecule has 2 aromatic rings. The monoisotopic (exact) mass is 281 g/mol. The minimum Gasteiger partial charge on any atom is -0.388 e. The van der Waals surface area contributed by atoms with Crippen LogP contribution in [0, 0.1) is 18.6 Å². The highest BCUT2D eigenvalue weighted by Crippen LogP contribution is 2.26. The molecule has 0 spiro atoms. The first-order chi connectivity index (χ1) is 9.41. The van der Waals surface area contributed by atoms with E-state index in [-0.39, 0.29) is 18.0 Å². The van der Waals surface area contributed by atoms with Gasteiger partial charge in [-0.3, -0.25) is 0 Å². The molecule has 1 aromatic heterocycles. The number of aromatic nitrogens is 3. The second kappa shape index (κ2) is 5.66. The molecule has 2 rings (SSSR count). The van der Waals surface area contributed by atoms with Crippen LogP contribution in [0.1, 0.15) is 42.9 Å². The Hall–Kier alpha value is -1.82. The highest BCUT2D eigenvalue weighted by molar-refractivity contribution is 5.28. The Balaban J connectivity index is 2.31. The first-order valence-corrected chi connectivity index (χ1v) is 6.42. The van der Waals surface area contributed by atoms with Gasteiger partial charge in [-0.2, -0.15) is 5.10 Å². The van der Waals surface area contributed by atoms with Crippen molar-refractivity contribution in [2.75, 3.05) is 0 Å². The summed E-state index contributed by atoms with van der Waals surface area (Å²) in [5.41, 5.74) is -0.0194. The predicted molar refractivity (Wildman–Crippen MR) is 70.2 cm³/mol. The van der Waals surface area contributed by atoms with E-state index in [4.69, 9.17) is 0 Å². The van der Waals surface area contributed by atoms with Crippen molar-refractivity contribution in [2.45, 2.75) is 39.3 Å². The summed E-state index contributed by atoms with van der Waals surface area (Å²) >= 11 is 0. The van der Waals surface area contributed by atoms with Crippen LogP contribution in [0.4, 0.5) is 8.78 Å². The number of aryl methyl sites for hydroxylation is 1. The van der Waals surface area contributed by atoms with Gasteiger partial charge < -0.3 is 5.11 Å². The zero-order valence-corrected chi connectivity index (χ0v) is 11.6. The first kappa shape index (κ1) is 14.6. The molecule has 0 aliphatic carbocycles. The van der Waals surface area contributed by atoms with E-state index in [2.05, 4.69) is 10.1 Å². The fourth-order valence-corrected chi connectivity index (χ4v) is 2.11. The van der Waals surface area contributed by atoms with E-state index in [9.17, 15) is 13.9 Å². The molecule has 1 unspecified atom stereocenters. The number of benzene rings is 1. The molecular formula is C14H17F2N3O. The predicted octanol–water partition coefficient (Wildman–Crippen LogP) is 2.72. The number of nitrogens with zero attached hydrogens (tertiary/aromatic N) is 3. The van der Waals surface area contributed by atoms with Gasteiger partial charge in [-0.05, 0) is 32.4 Å². The van der Waals surface area contributed by atoms with Crippen molar-refractivity contribution >= 4 is 0 Å². The standard InChI is InChI=1S/C14H17F2N3O/c1-8(2)19-12(17-7-18-19)6-11(20)13-10(15)5-4-9(3)14(13)16/h4-5,7-8,11,20H,6H2,1-3H3. The van der Waals surface area contributed by atoms with Gasteiger partial charge in [0.05, 0.1) is 11.7 Å². The summed E-state index contributed by atoms with van der Waals surface area (Å²) in [6.07, 6.45) is 0.0807. The van der Waals surface area contributed by atoms with Crippen molar-refractivity contribution in [2.24, 2.45) is 0 Å². The normalized spacial score (nSPS) is 12.9. The van der Waals surface area contributed by atoms with Crippen LogP contribution in [0.25, 0.3) is 0 Å². The number of hydrogen-bond donors (Lipinski definition) is 1. The lowest BCUT2D eigenvalue weighted by Gasteiger charge is -2.15. The number of rotatable bonds is 4. The Morgan fingerprint density at radius 2 is 2.00 bits per heavy atom. The molecule has 0 fully saturated rings. The maximum Gasteiger partial charge on any atom is 0.138 e. The largest absolute Gasteiger partial charge is 0.388 e. The Morgan fingerprint density at radius 1 is 1.30 bits per heavy atom. The Kier molecular flexibility index (Phi) is 4.13. The van der Waals surface area contributed by atoms with Gasteiger partial charge in [-0.25, -0.2) is 18.4 Å². The summed E-state index contributed by atoms with van der Waals surface area (Å²) in [5.74, 6) is -0.975. The number of aliphatic hydroxyl groups is 1. The van der Waals surface area contributed by atoms with Crippen LogP contribution in [0.15, 0.2) is 18.5 Å². The lowest BCUT2D eigenvalue weighted by atomic mass is 10.0. The van der Waals surface area contributed by atoms with Crippen molar-refractivity contribution in [1.29, 1.82) is 0 Å². The van der Waals surface area contributed by atoms with Gasteiger partial charge in [0.15, 0.2) is 0 Å². The maximum absolute atomic E-state index is 14.0. The first-order valence-electron chi connectivity index (χ1n) is 6.42. The highest BCUT2D eigenvalue weighted by Gasteiger charge is 2.22. The lowest BCUT2D eigenvalue weighted by Crippen LogP contribution is -2.14. The molecule has 4 nitrogen and oxygen atoms in total. The van der Waals surface area contributed by atoms with Crippen molar-refractivity contribution in [3.05, 3.63) is 47.0 Å². The van der Waals surface area contributed by atoms with Crippen molar-refractivity contribution in [1.82, 2.24) is 14.8 Å². The summed E-state index contributed by atoms with van der Waals surface area (Å²) in [5, 5.41) is 14.2. The van der Waals surface area contributed by atoms with E-state index in [0.29, 0.717) is 11.4 Å². The van der Waals surface area contributed by atoms with Crippen LogP contribution in [-0.4, -0.2) is 19.9 Å². The third kappa shape index (κ3) is 2.70. The average molecular weight is 281 g/mol. The molecule has 0 aliphatic heterocycles. The molecule has 1 aromatic carbocycles. The molecule has 0 radical (unpaired) electrons.